The van der Waals surface area contributed by atoms with Gasteiger partial charge in [0.05, 0.1) is 14.2 Å². The molecule has 0 saturated carbocycles. The van der Waals surface area contributed by atoms with Crippen molar-refractivity contribution in [1.29, 1.82) is 0 Å². The predicted octanol–water partition coefficient (Wildman–Crippen LogP) is 4.20. The van der Waals surface area contributed by atoms with Crippen LogP contribution in [0.4, 0.5) is 17.5 Å². The summed E-state index contributed by atoms with van der Waals surface area (Å²) >= 11 is 1.16. The first-order valence-corrected chi connectivity index (χ1v) is 9.31. The van der Waals surface area contributed by atoms with Gasteiger partial charge in [0.2, 0.25) is 5.95 Å². The molecule has 2 heterocycles. The number of nitrogens with one attached hydrogen (secondary N) is 2. The smallest absolute Gasteiger partial charge is 0.227 e. The highest BCUT2D eigenvalue weighted by molar-refractivity contribution is 8.00. The summed E-state index contributed by atoms with van der Waals surface area (Å²) in [4.78, 5) is 8.82. The number of ether oxygens (including phenoxy) is 2. The zero-order valence-corrected chi connectivity index (χ0v) is 16.4. The van der Waals surface area contributed by atoms with Gasteiger partial charge in [0.25, 0.3) is 0 Å². The number of aromatic nitrogens is 3. The number of fused-ring (bicyclic) bond motifs is 1. The molecular formula is C19H17N5O4S. The van der Waals surface area contributed by atoms with Gasteiger partial charge < -0.3 is 29.1 Å². The number of benzene rings is 2. The minimum Gasteiger partial charge on any atom is -0.507 e. The highest BCUT2D eigenvalue weighted by atomic mass is 32.2. The molecule has 9 nitrogen and oxygen atoms in total. The standard InChI is InChI=1S/C19H17N5O4S/c1-26-13-6-3-5-12(25)17(13)29-24-18-16-14(27-2)9-11(10-15(16)28-23-18)22-19-20-7-4-8-21-19/h3-10,25H,1-2H3,(H,23,24)(H,20,21,22). The molecule has 0 aliphatic carbocycles. The van der Waals surface area contributed by atoms with Crippen molar-refractivity contribution in [2.24, 2.45) is 0 Å². The molecule has 0 spiro atoms. The molecule has 0 unspecified atom stereocenters. The van der Waals surface area contributed by atoms with Crippen LogP contribution in [-0.2, 0) is 0 Å². The van der Waals surface area contributed by atoms with Crippen molar-refractivity contribution in [3.63, 3.8) is 0 Å². The van der Waals surface area contributed by atoms with E-state index in [0.29, 0.717) is 44.8 Å². The van der Waals surface area contributed by atoms with Crippen molar-refractivity contribution in [3.05, 3.63) is 48.8 Å². The zero-order chi connectivity index (χ0) is 20.2. The Balaban J connectivity index is 1.63. The van der Waals surface area contributed by atoms with E-state index in [4.69, 9.17) is 14.0 Å². The fraction of sp³-hybridized carbons (Fsp3) is 0.105. The summed E-state index contributed by atoms with van der Waals surface area (Å²) in [5.74, 6) is 2.09. The number of anilines is 3. The quantitative estimate of drug-likeness (QED) is 0.382. The summed E-state index contributed by atoms with van der Waals surface area (Å²) < 4.78 is 19.4. The SMILES string of the molecule is COc1cccc(O)c1SNc1noc2cc(Nc3ncccn3)cc(OC)c12. The first kappa shape index (κ1) is 18.7. The Morgan fingerprint density at radius 3 is 2.59 bits per heavy atom. The van der Waals surface area contributed by atoms with Gasteiger partial charge in [-0.15, -0.1) is 0 Å². The summed E-state index contributed by atoms with van der Waals surface area (Å²) in [6.07, 6.45) is 3.29. The maximum absolute atomic E-state index is 10.1. The van der Waals surface area contributed by atoms with E-state index in [9.17, 15) is 5.11 Å². The third kappa shape index (κ3) is 3.83. The number of nitrogens with zero attached hydrogens (tertiary/aromatic N) is 3. The number of phenolic OH excluding ortho intramolecular Hbond substituents is 1. The van der Waals surface area contributed by atoms with E-state index < -0.39 is 0 Å². The molecule has 10 heteroatoms. The van der Waals surface area contributed by atoms with Crippen molar-refractivity contribution >= 4 is 40.4 Å². The van der Waals surface area contributed by atoms with Crippen LogP contribution in [0.3, 0.4) is 0 Å². The normalized spacial score (nSPS) is 10.7. The molecule has 2 aromatic heterocycles. The number of rotatable bonds is 7. The molecule has 0 radical (unpaired) electrons. The monoisotopic (exact) mass is 411 g/mol. The van der Waals surface area contributed by atoms with Crippen LogP contribution in [-0.4, -0.2) is 34.5 Å². The van der Waals surface area contributed by atoms with Gasteiger partial charge in [-0.2, -0.15) is 0 Å². The first-order chi connectivity index (χ1) is 14.2. The number of methoxy groups -OCH3 is 2. The average molecular weight is 411 g/mol. The molecule has 148 valence electrons. The van der Waals surface area contributed by atoms with E-state index in [-0.39, 0.29) is 5.75 Å². The molecule has 0 bridgehead atoms. The number of hydrogen-bond donors (Lipinski definition) is 3. The van der Waals surface area contributed by atoms with Gasteiger partial charge in [0.15, 0.2) is 11.4 Å². The van der Waals surface area contributed by atoms with E-state index in [1.165, 1.54) is 0 Å². The Bertz CT molecular complexity index is 1140. The first-order valence-electron chi connectivity index (χ1n) is 8.50. The second kappa shape index (κ2) is 8.15. The molecule has 0 aliphatic rings. The van der Waals surface area contributed by atoms with Crippen LogP contribution in [0.1, 0.15) is 0 Å². The van der Waals surface area contributed by atoms with Crippen molar-refractivity contribution in [1.82, 2.24) is 15.1 Å². The Kier molecular flexibility index (Phi) is 5.25. The zero-order valence-electron chi connectivity index (χ0n) is 15.5. The van der Waals surface area contributed by atoms with Crippen LogP contribution in [0, 0.1) is 0 Å². The molecule has 29 heavy (non-hydrogen) atoms. The fourth-order valence-corrected chi connectivity index (χ4v) is 3.46. The van der Waals surface area contributed by atoms with Crippen LogP contribution in [0.15, 0.2) is 58.2 Å². The van der Waals surface area contributed by atoms with Gasteiger partial charge in [-0.25, -0.2) is 9.97 Å². The molecule has 0 amide bonds. The van der Waals surface area contributed by atoms with Crippen LogP contribution in [0.25, 0.3) is 11.0 Å². The van der Waals surface area contributed by atoms with E-state index >= 15 is 0 Å². The summed E-state index contributed by atoms with van der Waals surface area (Å²) in [6.45, 7) is 0. The molecule has 0 fully saturated rings. The minimum absolute atomic E-state index is 0.0935. The van der Waals surface area contributed by atoms with Gasteiger partial charge in [0, 0.05) is 30.2 Å². The summed E-state index contributed by atoms with van der Waals surface area (Å²) in [6, 6.07) is 10.4. The van der Waals surface area contributed by atoms with Gasteiger partial charge >= 0.3 is 0 Å². The molecule has 4 aromatic rings. The molecule has 3 N–H and O–H groups in total. The van der Waals surface area contributed by atoms with Crippen molar-refractivity contribution in [2.45, 2.75) is 4.90 Å². The summed E-state index contributed by atoms with van der Waals surface area (Å²) in [5, 5.41) is 18.0. The highest BCUT2D eigenvalue weighted by Gasteiger charge is 2.17. The third-order valence-electron chi connectivity index (χ3n) is 4.01. The summed E-state index contributed by atoms with van der Waals surface area (Å²) in [5.41, 5.74) is 1.20. The van der Waals surface area contributed by atoms with E-state index in [1.807, 2.05) is 0 Å². The second-order valence-corrected chi connectivity index (χ2v) is 6.61. The van der Waals surface area contributed by atoms with E-state index in [1.54, 1.807) is 63.0 Å². The van der Waals surface area contributed by atoms with Crippen LogP contribution >= 0.6 is 11.9 Å². The third-order valence-corrected chi connectivity index (χ3v) is 4.92. The van der Waals surface area contributed by atoms with Crippen molar-refractivity contribution in [3.8, 4) is 17.2 Å². The van der Waals surface area contributed by atoms with Crippen molar-refractivity contribution in [2.75, 3.05) is 24.3 Å². The fourth-order valence-electron chi connectivity index (χ4n) is 2.70. The Hall–Kier alpha value is -3.66. The summed E-state index contributed by atoms with van der Waals surface area (Å²) in [7, 11) is 3.10. The number of aromatic hydroxyl groups is 1. The number of phenols is 1. The minimum atomic E-state index is 0.0935. The van der Waals surface area contributed by atoms with Crippen molar-refractivity contribution < 1.29 is 19.1 Å². The maximum atomic E-state index is 10.1. The van der Waals surface area contributed by atoms with Crippen LogP contribution in [0.5, 0.6) is 17.2 Å². The largest absolute Gasteiger partial charge is 0.507 e. The lowest BCUT2D eigenvalue weighted by Gasteiger charge is -2.10. The Labute approximate surface area is 170 Å². The van der Waals surface area contributed by atoms with Gasteiger partial charge in [0.1, 0.15) is 27.5 Å². The lowest BCUT2D eigenvalue weighted by atomic mass is 10.2. The van der Waals surface area contributed by atoms with Crippen LogP contribution < -0.4 is 19.5 Å². The molecular weight excluding hydrogens is 394 g/mol. The molecule has 4 rings (SSSR count). The average Bonchev–Trinajstić information content (AvgIpc) is 3.15. The molecule has 0 aliphatic heterocycles. The predicted molar refractivity (Wildman–Crippen MR) is 110 cm³/mol. The topological polar surface area (TPSA) is 115 Å². The van der Waals surface area contributed by atoms with E-state index in [2.05, 4.69) is 25.2 Å². The lowest BCUT2D eigenvalue weighted by molar-refractivity contribution is 0.391. The van der Waals surface area contributed by atoms with Gasteiger partial charge in [-0.05, 0) is 30.1 Å². The second-order valence-electron chi connectivity index (χ2n) is 5.79. The Morgan fingerprint density at radius 1 is 1.03 bits per heavy atom. The van der Waals surface area contributed by atoms with E-state index in [0.717, 1.165) is 11.9 Å². The molecule has 2 aromatic carbocycles. The Morgan fingerprint density at radius 2 is 1.83 bits per heavy atom. The van der Waals surface area contributed by atoms with Gasteiger partial charge in [-0.1, -0.05) is 11.2 Å². The molecule has 0 atom stereocenters. The lowest BCUT2D eigenvalue weighted by Crippen LogP contribution is -1.97. The number of hydrogen-bond acceptors (Lipinski definition) is 10. The van der Waals surface area contributed by atoms with Crippen LogP contribution in [0.2, 0.25) is 0 Å². The highest BCUT2D eigenvalue weighted by Crippen LogP contribution is 2.41. The maximum Gasteiger partial charge on any atom is 0.227 e. The van der Waals surface area contributed by atoms with Gasteiger partial charge in [-0.3, -0.25) is 0 Å². The molecule has 0 saturated heterocycles.